The highest BCUT2D eigenvalue weighted by Gasteiger charge is 2.30. The summed E-state index contributed by atoms with van der Waals surface area (Å²) in [5, 5.41) is 8.38. The number of anilines is 1. The van der Waals surface area contributed by atoms with Crippen molar-refractivity contribution in [3.05, 3.63) is 11.1 Å². The first-order valence-corrected chi connectivity index (χ1v) is 9.02. The number of thiazole rings is 1. The molecule has 1 heterocycles. The van der Waals surface area contributed by atoms with Crippen LogP contribution in [0.1, 0.15) is 51.1 Å². The number of carbonyl (C=O) groups excluding carboxylic acids is 2. The topological polar surface area (TPSA) is 71.1 Å². The predicted molar refractivity (Wildman–Crippen MR) is 86.7 cm³/mol. The summed E-state index contributed by atoms with van der Waals surface area (Å²) >= 11 is 1.39. The van der Waals surface area contributed by atoms with Crippen molar-refractivity contribution < 1.29 is 9.59 Å². The Balaban J connectivity index is 1.45. The molecule has 6 heteroatoms. The van der Waals surface area contributed by atoms with E-state index in [2.05, 4.69) is 22.5 Å². The number of amides is 2. The third-order valence-corrected chi connectivity index (χ3v) is 5.26. The summed E-state index contributed by atoms with van der Waals surface area (Å²) in [6.45, 7) is 2.27. The average molecular weight is 321 g/mol. The fourth-order valence-corrected chi connectivity index (χ4v) is 3.56. The van der Waals surface area contributed by atoms with E-state index >= 15 is 0 Å². The molecular formula is C16H23N3O2S. The molecule has 0 bridgehead atoms. The van der Waals surface area contributed by atoms with E-state index in [4.69, 9.17) is 0 Å². The lowest BCUT2D eigenvalue weighted by atomic mass is 9.87. The molecular weight excluding hydrogens is 298 g/mol. The van der Waals surface area contributed by atoms with Gasteiger partial charge in [-0.15, -0.1) is 11.3 Å². The van der Waals surface area contributed by atoms with Crippen LogP contribution in [0.25, 0.3) is 0 Å². The first kappa shape index (κ1) is 15.5. The molecule has 2 saturated carbocycles. The van der Waals surface area contributed by atoms with Gasteiger partial charge in [0.25, 0.3) is 0 Å². The van der Waals surface area contributed by atoms with Crippen LogP contribution in [0.2, 0.25) is 0 Å². The van der Waals surface area contributed by atoms with Crippen molar-refractivity contribution in [2.75, 3.05) is 5.32 Å². The Bertz CT molecular complexity index is 545. The number of hydrogen-bond acceptors (Lipinski definition) is 4. The largest absolute Gasteiger partial charge is 0.353 e. The van der Waals surface area contributed by atoms with E-state index in [0.717, 1.165) is 37.3 Å². The summed E-state index contributed by atoms with van der Waals surface area (Å²) in [4.78, 5) is 28.1. The van der Waals surface area contributed by atoms with Gasteiger partial charge in [-0.1, -0.05) is 6.92 Å². The summed E-state index contributed by atoms with van der Waals surface area (Å²) in [6, 6.07) is 0.316. The van der Waals surface area contributed by atoms with E-state index in [1.54, 1.807) is 0 Å². The Morgan fingerprint density at radius 1 is 1.23 bits per heavy atom. The molecule has 0 atom stereocenters. The molecule has 2 amide bonds. The van der Waals surface area contributed by atoms with Crippen LogP contribution in [-0.4, -0.2) is 22.8 Å². The van der Waals surface area contributed by atoms with Crippen molar-refractivity contribution in [3.63, 3.8) is 0 Å². The molecule has 0 aromatic carbocycles. The van der Waals surface area contributed by atoms with Crippen LogP contribution in [-0.2, 0) is 16.0 Å². The van der Waals surface area contributed by atoms with Gasteiger partial charge in [-0.3, -0.25) is 9.59 Å². The minimum Gasteiger partial charge on any atom is -0.353 e. The summed E-state index contributed by atoms with van der Waals surface area (Å²) in [7, 11) is 0. The second kappa shape index (κ2) is 6.77. The van der Waals surface area contributed by atoms with Gasteiger partial charge in [-0.2, -0.15) is 0 Å². The fourth-order valence-electron chi connectivity index (χ4n) is 2.85. The zero-order chi connectivity index (χ0) is 15.5. The average Bonchev–Trinajstić information content (AvgIpc) is 3.25. The van der Waals surface area contributed by atoms with Crippen molar-refractivity contribution in [2.24, 2.45) is 11.8 Å². The third-order valence-electron chi connectivity index (χ3n) is 4.45. The highest BCUT2D eigenvalue weighted by atomic mass is 32.1. The Kier molecular flexibility index (Phi) is 4.76. The van der Waals surface area contributed by atoms with Gasteiger partial charge in [0.15, 0.2) is 5.13 Å². The van der Waals surface area contributed by atoms with Gasteiger partial charge >= 0.3 is 0 Å². The predicted octanol–water partition coefficient (Wildman–Crippen LogP) is 2.73. The lowest BCUT2D eigenvalue weighted by Crippen LogP contribution is -2.38. The van der Waals surface area contributed by atoms with Gasteiger partial charge in [0.05, 0.1) is 12.1 Å². The van der Waals surface area contributed by atoms with E-state index in [1.807, 2.05) is 5.38 Å². The number of hydrogen-bond donors (Lipinski definition) is 2. The first-order chi connectivity index (χ1) is 10.6. The van der Waals surface area contributed by atoms with Crippen molar-refractivity contribution in [1.82, 2.24) is 10.3 Å². The minimum atomic E-state index is 0.0323. The van der Waals surface area contributed by atoms with Gasteiger partial charge in [-0.25, -0.2) is 4.98 Å². The van der Waals surface area contributed by atoms with Crippen LogP contribution < -0.4 is 10.6 Å². The second-order valence-corrected chi connectivity index (χ2v) is 7.47. The summed E-state index contributed by atoms with van der Waals surface area (Å²) in [5.74, 6) is 1.04. The van der Waals surface area contributed by atoms with Gasteiger partial charge < -0.3 is 10.6 Å². The molecule has 22 heavy (non-hydrogen) atoms. The maximum atomic E-state index is 12.1. The fraction of sp³-hybridized carbons (Fsp3) is 0.688. The van der Waals surface area contributed by atoms with E-state index in [-0.39, 0.29) is 17.7 Å². The SMILES string of the molecule is CC1CCC(NC(=O)Cc2csc(NC(=O)C3CC3)n2)CC1. The zero-order valence-electron chi connectivity index (χ0n) is 12.9. The molecule has 2 N–H and O–H groups in total. The monoisotopic (exact) mass is 321 g/mol. The normalized spacial score (nSPS) is 24.8. The molecule has 0 spiro atoms. The molecule has 2 aliphatic carbocycles. The van der Waals surface area contributed by atoms with Crippen LogP contribution in [0.4, 0.5) is 5.13 Å². The summed E-state index contributed by atoms with van der Waals surface area (Å²) in [6.07, 6.45) is 6.79. The van der Waals surface area contributed by atoms with Crippen molar-refractivity contribution in [2.45, 2.75) is 57.9 Å². The van der Waals surface area contributed by atoms with E-state index < -0.39 is 0 Å². The van der Waals surface area contributed by atoms with Crippen LogP contribution >= 0.6 is 11.3 Å². The Morgan fingerprint density at radius 3 is 2.64 bits per heavy atom. The number of carbonyl (C=O) groups is 2. The van der Waals surface area contributed by atoms with Crippen molar-refractivity contribution in [1.29, 1.82) is 0 Å². The van der Waals surface area contributed by atoms with Crippen LogP contribution in [0.3, 0.4) is 0 Å². The standard InChI is InChI=1S/C16H23N3O2S/c1-10-2-6-12(7-3-10)17-14(20)8-13-9-22-16(18-13)19-15(21)11-4-5-11/h9-12H,2-8H2,1H3,(H,17,20)(H,18,19,21). The highest BCUT2D eigenvalue weighted by Crippen LogP contribution is 2.30. The smallest absolute Gasteiger partial charge is 0.229 e. The summed E-state index contributed by atoms with van der Waals surface area (Å²) in [5.41, 5.74) is 0.734. The van der Waals surface area contributed by atoms with Crippen LogP contribution in [0.5, 0.6) is 0 Å². The molecule has 0 unspecified atom stereocenters. The Morgan fingerprint density at radius 2 is 1.95 bits per heavy atom. The number of nitrogens with zero attached hydrogens (tertiary/aromatic N) is 1. The van der Waals surface area contributed by atoms with E-state index in [0.29, 0.717) is 17.6 Å². The maximum Gasteiger partial charge on any atom is 0.229 e. The van der Waals surface area contributed by atoms with E-state index in [9.17, 15) is 9.59 Å². The molecule has 120 valence electrons. The van der Waals surface area contributed by atoms with Crippen LogP contribution in [0, 0.1) is 11.8 Å². The Labute approximate surface area is 134 Å². The zero-order valence-corrected chi connectivity index (χ0v) is 13.7. The Hall–Kier alpha value is -1.43. The first-order valence-electron chi connectivity index (χ1n) is 8.15. The van der Waals surface area contributed by atoms with Crippen molar-refractivity contribution >= 4 is 28.3 Å². The molecule has 5 nitrogen and oxygen atoms in total. The van der Waals surface area contributed by atoms with Gasteiger partial charge in [0.2, 0.25) is 11.8 Å². The maximum absolute atomic E-state index is 12.1. The van der Waals surface area contributed by atoms with Gasteiger partial charge in [-0.05, 0) is 44.4 Å². The quantitative estimate of drug-likeness (QED) is 0.876. The summed E-state index contributed by atoms with van der Waals surface area (Å²) < 4.78 is 0. The number of rotatable bonds is 5. The molecule has 1 aromatic heterocycles. The van der Waals surface area contributed by atoms with Crippen molar-refractivity contribution in [3.8, 4) is 0 Å². The second-order valence-electron chi connectivity index (χ2n) is 6.61. The third kappa shape index (κ3) is 4.29. The molecule has 2 fully saturated rings. The molecule has 0 aliphatic heterocycles. The lowest BCUT2D eigenvalue weighted by Gasteiger charge is -2.26. The molecule has 2 aliphatic rings. The molecule has 0 saturated heterocycles. The number of aromatic nitrogens is 1. The van der Waals surface area contributed by atoms with Gasteiger partial charge in [0, 0.05) is 17.3 Å². The molecule has 0 radical (unpaired) electrons. The van der Waals surface area contributed by atoms with Gasteiger partial charge in [0.1, 0.15) is 0 Å². The minimum absolute atomic E-state index is 0.0323. The molecule has 3 rings (SSSR count). The highest BCUT2D eigenvalue weighted by molar-refractivity contribution is 7.13. The van der Waals surface area contributed by atoms with Crippen LogP contribution in [0.15, 0.2) is 5.38 Å². The lowest BCUT2D eigenvalue weighted by molar-refractivity contribution is -0.121. The molecule has 1 aromatic rings. The van der Waals surface area contributed by atoms with E-state index in [1.165, 1.54) is 24.2 Å². The number of nitrogens with one attached hydrogen (secondary N) is 2.